The van der Waals surface area contributed by atoms with Crippen molar-refractivity contribution in [3.63, 3.8) is 0 Å². The van der Waals surface area contributed by atoms with Crippen LogP contribution in [-0.2, 0) is 0 Å². The largest absolute Gasteiger partial charge is 0.310 e. The van der Waals surface area contributed by atoms with E-state index in [2.05, 4.69) is 25.2 Å². The molecule has 1 aromatic rings. The number of aryl methyl sites for hydroxylation is 1. The van der Waals surface area contributed by atoms with Crippen LogP contribution >= 0.6 is 0 Å². The van der Waals surface area contributed by atoms with Gasteiger partial charge >= 0.3 is 0 Å². The van der Waals surface area contributed by atoms with Gasteiger partial charge in [-0.25, -0.2) is 4.39 Å². The summed E-state index contributed by atoms with van der Waals surface area (Å²) in [5.41, 5.74) is 2.43. The summed E-state index contributed by atoms with van der Waals surface area (Å²) in [6.07, 6.45) is 2.47. The molecule has 0 radical (unpaired) electrons. The van der Waals surface area contributed by atoms with Crippen molar-refractivity contribution in [1.82, 2.24) is 5.32 Å². The van der Waals surface area contributed by atoms with Gasteiger partial charge in [0, 0.05) is 6.04 Å². The Kier molecular flexibility index (Phi) is 3.02. The van der Waals surface area contributed by atoms with E-state index in [4.69, 9.17) is 0 Å². The monoisotopic (exact) mass is 221 g/mol. The molecule has 1 aromatic carbocycles. The van der Waals surface area contributed by atoms with Gasteiger partial charge in [-0.15, -0.1) is 0 Å². The first-order valence-corrected chi connectivity index (χ1v) is 6.05. The molecule has 1 unspecified atom stereocenters. The van der Waals surface area contributed by atoms with Crippen molar-refractivity contribution in [1.29, 1.82) is 0 Å². The Balaban J connectivity index is 2.31. The molecule has 0 amide bonds. The molecule has 16 heavy (non-hydrogen) atoms. The van der Waals surface area contributed by atoms with Gasteiger partial charge in [-0.1, -0.05) is 19.9 Å². The summed E-state index contributed by atoms with van der Waals surface area (Å²) in [5.74, 6) is -0.123. The van der Waals surface area contributed by atoms with E-state index in [-0.39, 0.29) is 5.82 Å². The molecule has 1 saturated carbocycles. The van der Waals surface area contributed by atoms with E-state index >= 15 is 0 Å². The number of benzene rings is 1. The number of hydrogen-bond donors (Lipinski definition) is 1. The SMILES string of the molecule is CCNC(c1cc(C)cc(F)c1)C1(C)CC1. The van der Waals surface area contributed by atoms with Crippen molar-refractivity contribution in [3.05, 3.63) is 35.1 Å². The minimum Gasteiger partial charge on any atom is -0.310 e. The molecule has 1 atom stereocenters. The lowest BCUT2D eigenvalue weighted by atomic mass is 9.91. The van der Waals surface area contributed by atoms with Crippen molar-refractivity contribution >= 4 is 0 Å². The van der Waals surface area contributed by atoms with E-state index in [0.717, 1.165) is 17.7 Å². The van der Waals surface area contributed by atoms with E-state index in [0.29, 0.717) is 11.5 Å². The maximum atomic E-state index is 13.4. The van der Waals surface area contributed by atoms with Crippen LogP contribution in [0.15, 0.2) is 18.2 Å². The van der Waals surface area contributed by atoms with Gasteiger partial charge in [-0.05, 0) is 55.0 Å². The third kappa shape index (κ3) is 2.27. The summed E-state index contributed by atoms with van der Waals surface area (Å²) in [6, 6.07) is 5.65. The van der Waals surface area contributed by atoms with Crippen LogP contribution in [0.3, 0.4) is 0 Å². The van der Waals surface area contributed by atoms with Crippen molar-refractivity contribution in [3.8, 4) is 0 Å². The van der Waals surface area contributed by atoms with Gasteiger partial charge in [0.2, 0.25) is 0 Å². The Hall–Kier alpha value is -0.890. The van der Waals surface area contributed by atoms with Gasteiger partial charge in [-0.3, -0.25) is 0 Å². The summed E-state index contributed by atoms with van der Waals surface area (Å²) in [5, 5.41) is 3.49. The fourth-order valence-corrected chi connectivity index (χ4v) is 2.39. The predicted molar refractivity (Wildman–Crippen MR) is 64.9 cm³/mol. The van der Waals surface area contributed by atoms with Crippen LogP contribution in [0.1, 0.15) is 43.9 Å². The molecule has 1 aliphatic carbocycles. The average Bonchev–Trinajstić information content (AvgIpc) is 2.92. The highest BCUT2D eigenvalue weighted by molar-refractivity contribution is 5.29. The Morgan fingerprint density at radius 2 is 2.06 bits per heavy atom. The Morgan fingerprint density at radius 1 is 1.38 bits per heavy atom. The molecule has 1 N–H and O–H groups in total. The molecular weight excluding hydrogens is 201 g/mol. The maximum Gasteiger partial charge on any atom is 0.123 e. The highest BCUT2D eigenvalue weighted by Crippen LogP contribution is 2.54. The minimum absolute atomic E-state index is 0.123. The van der Waals surface area contributed by atoms with Crippen LogP contribution in [0, 0.1) is 18.2 Å². The molecule has 0 aliphatic heterocycles. The molecule has 88 valence electrons. The summed E-state index contributed by atoms with van der Waals surface area (Å²) in [7, 11) is 0. The van der Waals surface area contributed by atoms with Crippen LogP contribution in [0.25, 0.3) is 0 Å². The van der Waals surface area contributed by atoms with E-state index in [1.807, 2.05) is 6.92 Å². The molecule has 0 spiro atoms. The molecule has 2 rings (SSSR count). The van der Waals surface area contributed by atoms with Gasteiger partial charge in [0.25, 0.3) is 0 Å². The summed E-state index contributed by atoms with van der Waals surface area (Å²) >= 11 is 0. The normalized spacial score (nSPS) is 19.5. The van der Waals surface area contributed by atoms with Crippen molar-refractivity contribution < 1.29 is 4.39 Å². The van der Waals surface area contributed by atoms with Crippen molar-refractivity contribution in [2.24, 2.45) is 5.41 Å². The average molecular weight is 221 g/mol. The summed E-state index contributed by atoms with van der Waals surface area (Å²) in [4.78, 5) is 0. The summed E-state index contributed by atoms with van der Waals surface area (Å²) < 4.78 is 13.4. The van der Waals surface area contributed by atoms with Gasteiger partial charge < -0.3 is 5.32 Å². The first-order chi connectivity index (χ1) is 7.55. The quantitative estimate of drug-likeness (QED) is 0.819. The van der Waals surface area contributed by atoms with Crippen LogP contribution in [0.2, 0.25) is 0 Å². The maximum absolute atomic E-state index is 13.4. The molecule has 0 bridgehead atoms. The van der Waals surface area contributed by atoms with Gasteiger partial charge in [0.15, 0.2) is 0 Å². The number of hydrogen-bond acceptors (Lipinski definition) is 1. The molecule has 1 aliphatic rings. The fourth-order valence-electron chi connectivity index (χ4n) is 2.39. The lowest BCUT2D eigenvalue weighted by molar-refractivity contribution is 0.372. The first kappa shape index (κ1) is 11.6. The lowest BCUT2D eigenvalue weighted by Crippen LogP contribution is -2.28. The Labute approximate surface area is 97.1 Å². The minimum atomic E-state index is -0.123. The highest BCUT2D eigenvalue weighted by Gasteiger charge is 2.45. The van der Waals surface area contributed by atoms with Gasteiger partial charge in [0.05, 0.1) is 0 Å². The number of rotatable bonds is 4. The smallest absolute Gasteiger partial charge is 0.123 e. The highest BCUT2D eigenvalue weighted by atomic mass is 19.1. The van der Waals surface area contributed by atoms with Crippen molar-refractivity contribution in [2.45, 2.75) is 39.7 Å². The number of halogens is 1. The van der Waals surface area contributed by atoms with E-state index in [1.54, 1.807) is 12.1 Å². The molecule has 1 nitrogen and oxygen atoms in total. The molecular formula is C14H20FN. The standard InChI is InChI=1S/C14H20FN/c1-4-16-13(14(3)5-6-14)11-7-10(2)8-12(15)9-11/h7-9,13,16H,4-6H2,1-3H3. The van der Waals surface area contributed by atoms with Gasteiger partial charge in [0.1, 0.15) is 5.82 Å². The Morgan fingerprint density at radius 3 is 2.56 bits per heavy atom. The van der Waals surface area contributed by atoms with Crippen LogP contribution in [0.5, 0.6) is 0 Å². The number of nitrogens with one attached hydrogen (secondary N) is 1. The topological polar surface area (TPSA) is 12.0 Å². The second-order valence-electron chi connectivity index (χ2n) is 5.21. The third-order valence-electron chi connectivity index (χ3n) is 3.54. The molecule has 1 fully saturated rings. The molecule has 0 saturated heterocycles. The van der Waals surface area contributed by atoms with Crippen molar-refractivity contribution in [2.75, 3.05) is 6.54 Å². The summed E-state index contributed by atoms with van der Waals surface area (Å²) in [6.45, 7) is 7.26. The zero-order valence-corrected chi connectivity index (χ0v) is 10.3. The second kappa shape index (κ2) is 4.17. The van der Waals surface area contributed by atoms with E-state index in [9.17, 15) is 4.39 Å². The van der Waals surface area contributed by atoms with Crippen LogP contribution in [0.4, 0.5) is 4.39 Å². The fraction of sp³-hybridized carbons (Fsp3) is 0.571. The van der Waals surface area contributed by atoms with Crippen LogP contribution < -0.4 is 5.32 Å². The zero-order valence-electron chi connectivity index (χ0n) is 10.3. The van der Waals surface area contributed by atoms with Crippen LogP contribution in [-0.4, -0.2) is 6.54 Å². The molecule has 2 heteroatoms. The van der Waals surface area contributed by atoms with E-state index in [1.165, 1.54) is 12.8 Å². The Bertz CT molecular complexity index is 362. The zero-order chi connectivity index (χ0) is 11.8. The van der Waals surface area contributed by atoms with Gasteiger partial charge in [-0.2, -0.15) is 0 Å². The third-order valence-corrected chi connectivity index (χ3v) is 3.54. The molecule has 0 heterocycles. The molecule has 0 aromatic heterocycles. The second-order valence-corrected chi connectivity index (χ2v) is 5.21. The predicted octanol–water partition coefficient (Wildman–Crippen LogP) is 3.58. The van der Waals surface area contributed by atoms with E-state index < -0.39 is 0 Å². The first-order valence-electron chi connectivity index (χ1n) is 6.05. The lowest BCUT2D eigenvalue weighted by Gasteiger charge is -2.25.